The van der Waals surface area contributed by atoms with Gasteiger partial charge in [0.15, 0.2) is 0 Å². The number of rotatable bonds is 2. The van der Waals surface area contributed by atoms with E-state index in [-0.39, 0.29) is 0 Å². The summed E-state index contributed by atoms with van der Waals surface area (Å²) >= 11 is 1.86. The molecule has 3 aromatic rings. The summed E-state index contributed by atoms with van der Waals surface area (Å²) in [5, 5.41) is 1.34. The van der Waals surface area contributed by atoms with Crippen LogP contribution in [0.3, 0.4) is 0 Å². The molecule has 88 valence electrons. The molecular formula is C17H14S. The maximum absolute atomic E-state index is 2.26. The Bertz CT molecular complexity index is 690. The molecule has 2 aromatic carbocycles. The van der Waals surface area contributed by atoms with E-state index in [2.05, 4.69) is 67.6 Å². The number of aryl methyl sites for hydroxylation is 1. The standard InChI is InChI=1S/C17H14S/c1-13-6-5-9-15-12-16(18-17(13)15)11-10-14-7-3-2-4-8-14/h2-12H,1H3/b11-10-. The van der Waals surface area contributed by atoms with Gasteiger partial charge in [0.05, 0.1) is 0 Å². The Labute approximate surface area is 111 Å². The van der Waals surface area contributed by atoms with E-state index in [0.29, 0.717) is 0 Å². The van der Waals surface area contributed by atoms with Crippen molar-refractivity contribution in [1.29, 1.82) is 0 Å². The Morgan fingerprint density at radius 2 is 1.72 bits per heavy atom. The van der Waals surface area contributed by atoms with Crippen LogP contribution in [0.1, 0.15) is 16.0 Å². The third kappa shape index (κ3) is 2.22. The lowest BCUT2D eigenvalue weighted by Gasteiger charge is -1.91. The minimum absolute atomic E-state index is 1.24. The van der Waals surface area contributed by atoms with Crippen molar-refractivity contribution in [3.05, 3.63) is 70.6 Å². The zero-order valence-electron chi connectivity index (χ0n) is 10.3. The highest BCUT2D eigenvalue weighted by Gasteiger charge is 2.01. The monoisotopic (exact) mass is 250 g/mol. The second-order valence-corrected chi connectivity index (χ2v) is 5.47. The lowest BCUT2D eigenvalue weighted by Crippen LogP contribution is -1.68. The fourth-order valence-corrected chi connectivity index (χ4v) is 3.08. The van der Waals surface area contributed by atoms with E-state index >= 15 is 0 Å². The van der Waals surface area contributed by atoms with Crippen LogP contribution in [0.15, 0.2) is 54.6 Å². The Hall–Kier alpha value is -1.86. The number of benzene rings is 2. The van der Waals surface area contributed by atoms with E-state index in [4.69, 9.17) is 0 Å². The Kier molecular flexibility index (Phi) is 2.99. The van der Waals surface area contributed by atoms with Crippen LogP contribution in [-0.4, -0.2) is 0 Å². The molecule has 0 aliphatic rings. The van der Waals surface area contributed by atoms with Gasteiger partial charge in [-0.05, 0) is 35.6 Å². The van der Waals surface area contributed by atoms with Crippen molar-refractivity contribution in [2.45, 2.75) is 6.92 Å². The van der Waals surface area contributed by atoms with Gasteiger partial charge in [0, 0.05) is 9.58 Å². The highest BCUT2D eigenvalue weighted by atomic mass is 32.1. The Morgan fingerprint density at radius 1 is 0.889 bits per heavy atom. The van der Waals surface area contributed by atoms with Crippen LogP contribution in [0.2, 0.25) is 0 Å². The maximum atomic E-state index is 2.26. The fraction of sp³-hybridized carbons (Fsp3) is 0.0588. The van der Waals surface area contributed by atoms with E-state index in [1.165, 1.54) is 26.1 Å². The minimum atomic E-state index is 1.24. The molecule has 0 aliphatic carbocycles. The van der Waals surface area contributed by atoms with Crippen molar-refractivity contribution in [2.75, 3.05) is 0 Å². The summed E-state index contributed by atoms with van der Waals surface area (Å²) in [6.07, 6.45) is 4.36. The van der Waals surface area contributed by atoms with E-state index < -0.39 is 0 Å². The van der Waals surface area contributed by atoms with Crippen LogP contribution in [-0.2, 0) is 0 Å². The first-order chi connectivity index (χ1) is 8.83. The smallest absolute Gasteiger partial charge is 0.0378 e. The van der Waals surface area contributed by atoms with Crippen LogP contribution in [0, 0.1) is 6.92 Å². The van der Waals surface area contributed by atoms with E-state index in [1.54, 1.807) is 0 Å². The van der Waals surface area contributed by atoms with Gasteiger partial charge in [-0.15, -0.1) is 11.3 Å². The van der Waals surface area contributed by atoms with E-state index in [9.17, 15) is 0 Å². The van der Waals surface area contributed by atoms with Crippen molar-refractivity contribution in [3.63, 3.8) is 0 Å². The third-order valence-electron chi connectivity index (χ3n) is 3.00. The molecule has 0 aliphatic heterocycles. The third-order valence-corrected chi connectivity index (χ3v) is 4.25. The number of fused-ring (bicyclic) bond motifs is 1. The molecule has 0 atom stereocenters. The predicted molar refractivity (Wildman–Crippen MR) is 81.9 cm³/mol. The van der Waals surface area contributed by atoms with Crippen LogP contribution in [0.25, 0.3) is 22.2 Å². The first kappa shape index (κ1) is 11.2. The highest BCUT2D eigenvalue weighted by Crippen LogP contribution is 2.29. The van der Waals surface area contributed by atoms with Crippen molar-refractivity contribution in [1.82, 2.24) is 0 Å². The molecule has 18 heavy (non-hydrogen) atoms. The molecule has 0 bridgehead atoms. The molecule has 1 heterocycles. The highest BCUT2D eigenvalue weighted by molar-refractivity contribution is 7.20. The molecule has 0 saturated heterocycles. The first-order valence-electron chi connectivity index (χ1n) is 6.05. The molecule has 1 aromatic heterocycles. The molecule has 0 amide bonds. The summed E-state index contributed by atoms with van der Waals surface area (Å²) in [7, 11) is 0. The average molecular weight is 250 g/mol. The lowest BCUT2D eigenvalue weighted by atomic mass is 10.2. The lowest BCUT2D eigenvalue weighted by molar-refractivity contribution is 1.56. The van der Waals surface area contributed by atoms with Crippen LogP contribution in [0.5, 0.6) is 0 Å². The van der Waals surface area contributed by atoms with E-state index in [1.807, 2.05) is 17.4 Å². The van der Waals surface area contributed by atoms with Crippen molar-refractivity contribution < 1.29 is 0 Å². The Balaban J connectivity index is 1.96. The zero-order valence-corrected chi connectivity index (χ0v) is 11.1. The molecule has 3 rings (SSSR count). The summed E-state index contributed by atoms with van der Waals surface area (Å²) in [6.45, 7) is 2.17. The van der Waals surface area contributed by atoms with Crippen LogP contribution >= 0.6 is 11.3 Å². The molecule has 0 saturated carbocycles. The van der Waals surface area contributed by atoms with Crippen molar-refractivity contribution >= 4 is 33.6 Å². The van der Waals surface area contributed by atoms with Gasteiger partial charge in [-0.3, -0.25) is 0 Å². The average Bonchev–Trinajstić information content (AvgIpc) is 2.82. The SMILES string of the molecule is Cc1cccc2cc(/C=C\c3ccccc3)sc12. The van der Waals surface area contributed by atoms with Gasteiger partial charge >= 0.3 is 0 Å². The van der Waals surface area contributed by atoms with Gasteiger partial charge in [0.1, 0.15) is 0 Å². The number of hydrogen-bond acceptors (Lipinski definition) is 1. The van der Waals surface area contributed by atoms with Crippen LogP contribution < -0.4 is 0 Å². The zero-order chi connectivity index (χ0) is 12.4. The van der Waals surface area contributed by atoms with Gasteiger partial charge in [0.2, 0.25) is 0 Å². The first-order valence-corrected chi connectivity index (χ1v) is 6.87. The summed E-state index contributed by atoms with van der Waals surface area (Å²) in [4.78, 5) is 1.31. The minimum Gasteiger partial charge on any atom is -0.136 e. The number of hydrogen-bond donors (Lipinski definition) is 0. The van der Waals surface area contributed by atoms with Crippen molar-refractivity contribution in [2.24, 2.45) is 0 Å². The van der Waals surface area contributed by atoms with Gasteiger partial charge in [-0.1, -0.05) is 54.6 Å². The maximum Gasteiger partial charge on any atom is 0.0378 e. The fourth-order valence-electron chi connectivity index (χ4n) is 2.05. The quantitative estimate of drug-likeness (QED) is 0.572. The van der Waals surface area contributed by atoms with Gasteiger partial charge in [-0.2, -0.15) is 0 Å². The van der Waals surface area contributed by atoms with Gasteiger partial charge in [-0.25, -0.2) is 0 Å². The van der Waals surface area contributed by atoms with Crippen molar-refractivity contribution in [3.8, 4) is 0 Å². The predicted octanol–water partition coefficient (Wildman–Crippen LogP) is 5.38. The summed E-state index contributed by atoms with van der Waals surface area (Å²) in [5.41, 5.74) is 2.60. The summed E-state index contributed by atoms with van der Waals surface area (Å²) in [5.74, 6) is 0. The molecule has 1 heteroatoms. The molecule has 0 spiro atoms. The molecule has 0 N–H and O–H groups in total. The molecule has 0 radical (unpaired) electrons. The summed E-state index contributed by atoms with van der Waals surface area (Å²) in [6, 6.07) is 19.1. The second kappa shape index (κ2) is 4.79. The van der Waals surface area contributed by atoms with Gasteiger partial charge in [0.25, 0.3) is 0 Å². The van der Waals surface area contributed by atoms with Gasteiger partial charge < -0.3 is 0 Å². The Morgan fingerprint density at radius 3 is 2.50 bits per heavy atom. The van der Waals surface area contributed by atoms with Crippen LogP contribution in [0.4, 0.5) is 0 Å². The summed E-state index contributed by atoms with van der Waals surface area (Å²) < 4.78 is 1.39. The normalized spacial score (nSPS) is 11.4. The largest absolute Gasteiger partial charge is 0.136 e. The molecule has 0 fully saturated rings. The second-order valence-electron chi connectivity index (χ2n) is 4.39. The topological polar surface area (TPSA) is 0 Å². The molecule has 0 nitrogen and oxygen atoms in total. The number of thiophene rings is 1. The molecule has 0 unspecified atom stereocenters. The van der Waals surface area contributed by atoms with E-state index in [0.717, 1.165) is 0 Å². The molecular weight excluding hydrogens is 236 g/mol.